The normalized spacial score (nSPS) is 16.1. The number of nitrogens with zero attached hydrogens (tertiary/aromatic N) is 2. The third kappa shape index (κ3) is 13.7. The zero-order valence-corrected chi connectivity index (χ0v) is 24.6. The molecule has 0 aliphatic carbocycles. The molecule has 3 unspecified atom stereocenters. The van der Waals surface area contributed by atoms with Crippen molar-refractivity contribution in [1.29, 1.82) is 0 Å². The number of aryl methyl sites for hydroxylation is 1. The smallest absolute Gasteiger partial charge is 0.334 e. The van der Waals surface area contributed by atoms with E-state index >= 15 is 0 Å². The number of imidazole rings is 1. The molecule has 1 heterocycles. The SMILES string of the molecule is COC(C)(C)CCOC(C)(N)CCOC(C)C(=O)OCC(C)(COC(C)C)C(=O)NCCCn1ccnc1. The first kappa shape index (κ1) is 34.0. The third-order valence-corrected chi connectivity index (χ3v) is 6.24. The Morgan fingerprint density at radius 2 is 1.76 bits per heavy atom. The molecule has 3 N–H and O–H groups in total. The van der Waals surface area contributed by atoms with Crippen molar-refractivity contribution in [3.63, 3.8) is 0 Å². The van der Waals surface area contributed by atoms with E-state index in [0.29, 0.717) is 26.0 Å². The van der Waals surface area contributed by atoms with Crippen LogP contribution in [0.4, 0.5) is 0 Å². The minimum absolute atomic E-state index is 0.0744. The first-order valence-electron chi connectivity index (χ1n) is 13.3. The minimum atomic E-state index is -1.05. The Morgan fingerprint density at radius 1 is 1.05 bits per heavy atom. The van der Waals surface area contributed by atoms with Crippen molar-refractivity contribution in [2.45, 2.75) is 97.8 Å². The lowest BCUT2D eigenvalue weighted by atomic mass is 9.91. The second-order valence-corrected chi connectivity index (χ2v) is 11.1. The van der Waals surface area contributed by atoms with Gasteiger partial charge in [-0.1, -0.05) is 0 Å². The van der Waals surface area contributed by atoms with Gasteiger partial charge >= 0.3 is 5.97 Å². The van der Waals surface area contributed by atoms with E-state index in [9.17, 15) is 9.59 Å². The van der Waals surface area contributed by atoms with Crippen molar-refractivity contribution < 1.29 is 33.3 Å². The predicted molar refractivity (Wildman–Crippen MR) is 144 cm³/mol. The fraction of sp³-hybridized carbons (Fsp3) is 0.815. The first-order chi connectivity index (χ1) is 17.7. The zero-order chi connectivity index (χ0) is 28.8. The highest BCUT2D eigenvalue weighted by molar-refractivity contribution is 5.83. The maximum absolute atomic E-state index is 13.0. The molecule has 1 aromatic rings. The first-order valence-corrected chi connectivity index (χ1v) is 13.3. The van der Waals surface area contributed by atoms with Gasteiger partial charge in [0.05, 0.1) is 37.9 Å². The molecule has 0 aliphatic heterocycles. The van der Waals surface area contributed by atoms with E-state index in [-0.39, 0.29) is 37.4 Å². The van der Waals surface area contributed by atoms with Gasteiger partial charge in [-0.05, 0) is 61.3 Å². The van der Waals surface area contributed by atoms with Crippen LogP contribution in [0.2, 0.25) is 0 Å². The molecule has 11 heteroatoms. The number of nitrogens with two attached hydrogens (primary N) is 1. The van der Waals surface area contributed by atoms with Crippen molar-refractivity contribution in [3.05, 3.63) is 18.7 Å². The number of hydrogen-bond donors (Lipinski definition) is 2. The molecule has 1 aromatic heterocycles. The van der Waals surface area contributed by atoms with Crippen LogP contribution in [-0.4, -0.2) is 85.0 Å². The molecule has 0 saturated carbocycles. The Labute approximate surface area is 228 Å². The molecule has 0 spiro atoms. The summed E-state index contributed by atoms with van der Waals surface area (Å²) < 4.78 is 30.0. The second kappa shape index (κ2) is 16.1. The maximum atomic E-state index is 13.0. The molecule has 1 amide bonds. The van der Waals surface area contributed by atoms with Crippen LogP contribution >= 0.6 is 0 Å². The van der Waals surface area contributed by atoms with E-state index in [1.807, 2.05) is 38.5 Å². The molecule has 0 aliphatic rings. The van der Waals surface area contributed by atoms with E-state index < -0.39 is 23.2 Å². The summed E-state index contributed by atoms with van der Waals surface area (Å²) in [7, 11) is 1.66. The van der Waals surface area contributed by atoms with Crippen LogP contribution in [0.1, 0.15) is 67.7 Å². The fourth-order valence-electron chi connectivity index (χ4n) is 3.18. The standard InChI is InChI=1S/C27H50N4O7/c1-21(2)36-18-26(6,24(33)30-12-9-14-31-15-13-29-20-31)19-37-23(32)22(3)35-16-11-27(7,28)38-17-10-25(4,5)34-8/h13,15,20-22H,9-12,14,16-19,28H2,1-8H3,(H,30,33). The summed E-state index contributed by atoms with van der Waals surface area (Å²) in [6.07, 6.45) is 6.23. The van der Waals surface area contributed by atoms with Crippen LogP contribution in [0.15, 0.2) is 18.7 Å². The summed E-state index contributed by atoms with van der Waals surface area (Å²) in [5.41, 5.74) is 3.96. The Hall–Kier alpha value is -2.05. The molecule has 0 saturated heterocycles. The molecule has 3 atom stereocenters. The third-order valence-electron chi connectivity index (χ3n) is 6.24. The monoisotopic (exact) mass is 542 g/mol. The van der Waals surface area contributed by atoms with Crippen molar-refractivity contribution in [2.75, 3.05) is 40.1 Å². The number of aromatic nitrogens is 2. The number of amides is 1. The summed E-state index contributed by atoms with van der Waals surface area (Å²) >= 11 is 0. The molecular formula is C27H50N4O7. The Kier molecular flexibility index (Phi) is 14.4. The van der Waals surface area contributed by atoms with Gasteiger partial charge in [-0.15, -0.1) is 0 Å². The number of ether oxygens (including phenoxy) is 5. The van der Waals surface area contributed by atoms with Gasteiger partial charge in [0, 0.05) is 39.0 Å². The van der Waals surface area contributed by atoms with Crippen molar-refractivity contribution >= 4 is 11.9 Å². The summed E-state index contributed by atoms with van der Waals surface area (Å²) in [6, 6.07) is 0. The Morgan fingerprint density at radius 3 is 2.37 bits per heavy atom. The number of methoxy groups -OCH3 is 1. The van der Waals surface area contributed by atoms with Crippen molar-refractivity contribution in [3.8, 4) is 0 Å². The summed E-state index contributed by atoms with van der Waals surface area (Å²) in [5.74, 6) is -0.798. The highest BCUT2D eigenvalue weighted by atomic mass is 16.6. The summed E-state index contributed by atoms with van der Waals surface area (Å²) in [5, 5.41) is 2.93. The fourth-order valence-corrected chi connectivity index (χ4v) is 3.18. The minimum Gasteiger partial charge on any atom is -0.463 e. The lowest BCUT2D eigenvalue weighted by Crippen LogP contribution is -2.47. The molecule has 0 radical (unpaired) electrons. The van der Waals surface area contributed by atoms with Gasteiger partial charge in [0.15, 0.2) is 6.10 Å². The zero-order valence-electron chi connectivity index (χ0n) is 24.6. The topological polar surface area (TPSA) is 136 Å². The Bertz CT molecular complexity index is 814. The van der Waals surface area contributed by atoms with Gasteiger partial charge < -0.3 is 39.3 Å². The number of nitrogens with one attached hydrogen (secondary N) is 1. The molecule has 38 heavy (non-hydrogen) atoms. The van der Waals surface area contributed by atoms with E-state index in [4.69, 9.17) is 29.4 Å². The largest absolute Gasteiger partial charge is 0.463 e. The lowest BCUT2D eigenvalue weighted by molar-refractivity contribution is -0.164. The van der Waals surface area contributed by atoms with Gasteiger partial charge in [0.1, 0.15) is 17.7 Å². The molecular weight excluding hydrogens is 492 g/mol. The van der Waals surface area contributed by atoms with Crippen LogP contribution in [0, 0.1) is 5.41 Å². The lowest BCUT2D eigenvalue weighted by Gasteiger charge is -2.30. The van der Waals surface area contributed by atoms with Crippen molar-refractivity contribution in [2.24, 2.45) is 11.1 Å². The van der Waals surface area contributed by atoms with Gasteiger partial charge in [-0.25, -0.2) is 9.78 Å². The molecule has 0 aromatic carbocycles. The maximum Gasteiger partial charge on any atom is 0.334 e. The number of rotatable bonds is 20. The summed E-state index contributed by atoms with van der Waals surface area (Å²) in [6.45, 7) is 14.7. The van der Waals surface area contributed by atoms with Crippen LogP contribution in [0.5, 0.6) is 0 Å². The van der Waals surface area contributed by atoms with Gasteiger partial charge in [0.2, 0.25) is 5.91 Å². The highest BCUT2D eigenvalue weighted by Crippen LogP contribution is 2.20. The van der Waals surface area contributed by atoms with Gasteiger partial charge in [-0.3, -0.25) is 4.79 Å². The number of carbonyl (C=O) groups excluding carboxylic acids is 2. The number of esters is 1. The quantitative estimate of drug-likeness (QED) is 0.145. The van der Waals surface area contributed by atoms with E-state index in [1.165, 1.54) is 0 Å². The average molecular weight is 543 g/mol. The van der Waals surface area contributed by atoms with Gasteiger partial charge in [-0.2, -0.15) is 0 Å². The van der Waals surface area contributed by atoms with Crippen LogP contribution in [0.3, 0.4) is 0 Å². The molecule has 0 fully saturated rings. The van der Waals surface area contributed by atoms with Crippen LogP contribution in [-0.2, 0) is 39.8 Å². The molecule has 11 nitrogen and oxygen atoms in total. The Balaban J connectivity index is 2.49. The molecule has 220 valence electrons. The van der Waals surface area contributed by atoms with Crippen molar-refractivity contribution in [1.82, 2.24) is 14.9 Å². The highest BCUT2D eigenvalue weighted by Gasteiger charge is 2.36. The van der Waals surface area contributed by atoms with E-state index in [1.54, 1.807) is 40.4 Å². The second-order valence-electron chi connectivity index (χ2n) is 11.1. The number of hydrogen-bond acceptors (Lipinski definition) is 9. The molecule has 1 rings (SSSR count). The predicted octanol–water partition coefficient (Wildman–Crippen LogP) is 2.67. The van der Waals surface area contributed by atoms with E-state index in [0.717, 1.165) is 13.0 Å². The number of carbonyl (C=O) groups is 2. The summed E-state index contributed by atoms with van der Waals surface area (Å²) in [4.78, 5) is 29.6. The van der Waals surface area contributed by atoms with E-state index in [2.05, 4.69) is 10.3 Å². The molecule has 0 bridgehead atoms. The van der Waals surface area contributed by atoms with Crippen LogP contribution < -0.4 is 11.1 Å². The van der Waals surface area contributed by atoms with Crippen LogP contribution in [0.25, 0.3) is 0 Å². The average Bonchev–Trinajstić information content (AvgIpc) is 3.36. The van der Waals surface area contributed by atoms with Gasteiger partial charge in [0.25, 0.3) is 0 Å².